The second-order valence-corrected chi connectivity index (χ2v) is 14.3. The van der Waals surface area contributed by atoms with E-state index in [1.165, 1.54) is 5.56 Å². The Hall–Kier alpha value is -3.14. The van der Waals surface area contributed by atoms with Gasteiger partial charge in [-0.3, -0.25) is 4.79 Å². The first-order chi connectivity index (χ1) is 23.6. The van der Waals surface area contributed by atoms with E-state index in [1.807, 2.05) is 31.2 Å². The van der Waals surface area contributed by atoms with Crippen molar-refractivity contribution in [3.8, 4) is 5.75 Å². The summed E-state index contributed by atoms with van der Waals surface area (Å²) in [7, 11) is 0. The summed E-state index contributed by atoms with van der Waals surface area (Å²) in [4.78, 5) is 31.4. The first-order valence-electron chi connectivity index (χ1n) is 18.1. The molecular formula is C39H56ClN3O6. The summed E-state index contributed by atoms with van der Waals surface area (Å²) < 4.78 is 23.0. The van der Waals surface area contributed by atoms with Crippen molar-refractivity contribution < 1.29 is 28.5 Å². The van der Waals surface area contributed by atoms with Gasteiger partial charge >= 0.3 is 5.97 Å². The zero-order valence-corrected chi connectivity index (χ0v) is 30.5. The van der Waals surface area contributed by atoms with Gasteiger partial charge in [-0.05, 0) is 99.5 Å². The lowest BCUT2D eigenvalue weighted by atomic mass is 9.87. The number of hydrogen-bond acceptors (Lipinski definition) is 8. The lowest BCUT2D eigenvalue weighted by Crippen LogP contribution is -2.36. The van der Waals surface area contributed by atoms with Gasteiger partial charge in [0.05, 0.1) is 12.7 Å². The zero-order valence-electron chi connectivity index (χ0n) is 29.8. The van der Waals surface area contributed by atoms with Crippen LogP contribution in [-0.2, 0) is 25.4 Å². The molecule has 1 amide bonds. The Labute approximate surface area is 297 Å². The molecule has 2 aromatic rings. The summed E-state index contributed by atoms with van der Waals surface area (Å²) in [5.74, 6) is 1.85. The molecule has 2 aliphatic rings. The van der Waals surface area contributed by atoms with Gasteiger partial charge in [-0.2, -0.15) is 0 Å². The van der Waals surface area contributed by atoms with E-state index in [0.717, 1.165) is 69.5 Å². The van der Waals surface area contributed by atoms with Crippen molar-refractivity contribution in [1.82, 2.24) is 4.98 Å². The number of carbonyl (C=O) groups excluding carboxylic acids is 2. The summed E-state index contributed by atoms with van der Waals surface area (Å²) >= 11 is 6.21. The molecule has 0 aliphatic carbocycles. The molecule has 5 atom stereocenters. The third-order valence-corrected chi connectivity index (χ3v) is 10.2. The molecule has 0 saturated carbocycles. The molecule has 2 N–H and O–H groups in total. The van der Waals surface area contributed by atoms with Crippen molar-refractivity contribution in [2.45, 2.75) is 91.3 Å². The second kappa shape index (κ2) is 19.9. The van der Waals surface area contributed by atoms with E-state index in [0.29, 0.717) is 49.1 Å². The van der Waals surface area contributed by atoms with Crippen LogP contribution in [-0.4, -0.2) is 68.6 Å². The minimum Gasteiger partial charge on any atom is -0.489 e. The molecule has 0 radical (unpaired) electrons. The number of benzene rings is 1. The van der Waals surface area contributed by atoms with Gasteiger partial charge in [-0.15, -0.1) is 0 Å². The van der Waals surface area contributed by atoms with Gasteiger partial charge in [0.2, 0.25) is 0 Å². The molecule has 4 rings (SSSR count). The van der Waals surface area contributed by atoms with Crippen LogP contribution in [0.1, 0.15) is 88.7 Å². The van der Waals surface area contributed by atoms with E-state index in [-0.39, 0.29) is 36.4 Å². The fourth-order valence-electron chi connectivity index (χ4n) is 6.65. The van der Waals surface area contributed by atoms with Crippen LogP contribution in [0, 0.1) is 23.7 Å². The Morgan fingerprint density at radius 1 is 1.10 bits per heavy atom. The van der Waals surface area contributed by atoms with Crippen LogP contribution < -0.4 is 15.4 Å². The van der Waals surface area contributed by atoms with E-state index in [2.05, 4.69) is 48.9 Å². The maximum Gasteiger partial charge on any atom is 0.332 e. The molecule has 2 unspecified atom stereocenters. The summed E-state index contributed by atoms with van der Waals surface area (Å²) in [6.45, 7) is 12.1. The molecule has 1 fully saturated rings. The number of aromatic nitrogens is 1. The number of rotatable bonds is 18. The fourth-order valence-corrected chi connectivity index (χ4v) is 6.86. The topological polar surface area (TPSA) is 113 Å². The molecule has 9 nitrogen and oxygen atoms in total. The van der Waals surface area contributed by atoms with Crippen LogP contribution in [0.2, 0.25) is 5.02 Å². The summed E-state index contributed by atoms with van der Waals surface area (Å²) in [5, 5.41) is 0.764. The van der Waals surface area contributed by atoms with Crippen molar-refractivity contribution in [2.75, 3.05) is 44.4 Å². The Morgan fingerprint density at radius 3 is 2.61 bits per heavy atom. The van der Waals surface area contributed by atoms with Crippen LogP contribution in [0.25, 0.3) is 0 Å². The maximum absolute atomic E-state index is 12.3. The van der Waals surface area contributed by atoms with Crippen LogP contribution in [0.15, 0.2) is 48.6 Å². The van der Waals surface area contributed by atoms with Crippen molar-refractivity contribution in [3.05, 3.63) is 64.8 Å². The minimum absolute atomic E-state index is 0.00955. The maximum atomic E-state index is 12.3. The van der Waals surface area contributed by atoms with Crippen molar-refractivity contribution in [2.24, 2.45) is 29.4 Å². The third kappa shape index (κ3) is 12.6. The smallest absolute Gasteiger partial charge is 0.332 e. The average molecular weight is 698 g/mol. The highest BCUT2D eigenvalue weighted by Gasteiger charge is 2.28. The number of halogens is 1. The first-order valence-corrected chi connectivity index (χ1v) is 18.5. The van der Waals surface area contributed by atoms with Gasteiger partial charge < -0.3 is 29.6 Å². The number of fused-ring (bicyclic) bond motifs is 1. The van der Waals surface area contributed by atoms with E-state index in [9.17, 15) is 9.59 Å². The van der Waals surface area contributed by atoms with Crippen LogP contribution in [0.5, 0.6) is 5.75 Å². The Kier molecular flexibility index (Phi) is 15.7. The SMILES string of the molecule is CC[C@@H](C/C=C/C[C@H](C)[C@@H](C)OC(=O)COC1CCOCC1)C(C)CN1CC(CCCc2cccc(Cl)c2)COc2ccc(C(N)=O)nc21. The average Bonchev–Trinajstić information content (AvgIpc) is 3.26. The van der Waals surface area contributed by atoms with E-state index in [1.54, 1.807) is 6.07 Å². The van der Waals surface area contributed by atoms with Gasteiger partial charge in [0.25, 0.3) is 5.91 Å². The predicted octanol–water partition coefficient (Wildman–Crippen LogP) is 7.43. The number of ether oxygens (including phenoxy) is 4. The van der Waals surface area contributed by atoms with Gasteiger partial charge in [0.1, 0.15) is 18.4 Å². The highest BCUT2D eigenvalue weighted by Crippen LogP contribution is 2.34. The summed E-state index contributed by atoms with van der Waals surface area (Å²) in [5.41, 5.74) is 7.11. The number of hydrogen-bond donors (Lipinski definition) is 1. The normalized spacial score (nSPS) is 19.4. The molecule has 2 aliphatic heterocycles. The van der Waals surface area contributed by atoms with Crippen LogP contribution in [0.4, 0.5) is 5.82 Å². The van der Waals surface area contributed by atoms with Crippen LogP contribution >= 0.6 is 11.6 Å². The Balaban J connectivity index is 1.30. The Bertz CT molecular complexity index is 1370. The van der Waals surface area contributed by atoms with E-state index in [4.69, 9.17) is 36.3 Å². The molecule has 0 spiro atoms. The largest absolute Gasteiger partial charge is 0.489 e. The molecule has 270 valence electrons. The number of carbonyl (C=O) groups is 2. The quantitative estimate of drug-likeness (QED) is 0.126. The molecule has 3 heterocycles. The number of anilines is 1. The highest BCUT2D eigenvalue weighted by molar-refractivity contribution is 6.30. The van der Waals surface area contributed by atoms with Crippen molar-refractivity contribution in [3.63, 3.8) is 0 Å². The first kappa shape index (κ1) is 38.7. The van der Waals surface area contributed by atoms with Gasteiger partial charge in [-0.1, -0.05) is 63.1 Å². The molecule has 0 bridgehead atoms. The van der Waals surface area contributed by atoms with Gasteiger partial charge in [-0.25, -0.2) is 9.78 Å². The van der Waals surface area contributed by atoms with Gasteiger partial charge in [0.15, 0.2) is 11.6 Å². The standard InChI is InChI=1S/C39H56ClN3O6/c1-5-32(14-7-6-10-27(2)29(4)49-37(44)26-47-34-18-20-46-21-19-34)28(3)23-43-24-31(13-8-11-30-12-9-15-33(40)22-30)25-48-36-17-16-35(38(41)45)42-39(36)43/h6-7,9,12,15-17,22,27-29,31-32,34H,5,8,10-11,13-14,18-21,23-26H2,1-4H3,(H2,41,45)/b7-6+/t27-,28?,29+,31?,32-/m0/s1. The molecular weight excluding hydrogens is 642 g/mol. The summed E-state index contributed by atoms with van der Waals surface area (Å²) in [6.07, 6.45) is 11.8. The number of allylic oxidation sites excluding steroid dienone is 2. The number of aryl methyl sites for hydroxylation is 1. The van der Waals surface area contributed by atoms with Gasteiger partial charge in [0, 0.05) is 37.2 Å². The molecule has 1 saturated heterocycles. The molecule has 49 heavy (non-hydrogen) atoms. The lowest BCUT2D eigenvalue weighted by molar-refractivity contribution is -0.159. The van der Waals surface area contributed by atoms with E-state index < -0.39 is 5.91 Å². The highest BCUT2D eigenvalue weighted by atomic mass is 35.5. The molecule has 10 heteroatoms. The minimum atomic E-state index is -0.545. The molecule has 1 aromatic carbocycles. The number of pyridine rings is 1. The van der Waals surface area contributed by atoms with Crippen molar-refractivity contribution in [1.29, 1.82) is 0 Å². The Morgan fingerprint density at radius 2 is 1.88 bits per heavy atom. The third-order valence-electron chi connectivity index (χ3n) is 9.99. The zero-order chi connectivity index (χ0) is 35.2. The fraction of sp³-hybridized carbons (Fsp3) is 0.615. The molecule has 1 aromatic heterocycles. The lowest BCUT2D eigenvalue weighted by Gasteiger charge is -2.31. The monoisotopic (exact) mass is 697 g/mol. The number of nitrogens with two attached hydrogens (primary N) is 1. The second-order valence-electron chi connectivity index (χ2n) is 13.9. The van der Waals surface area contributed by atoms with Crippen LogP contribution in [0.3, 0.4) is 0 Å². The summed E-state index contributed by atoms with van der Waals surface area (Å²) in [6, 6.07) is 11.5. The number of amides is 1. The number of esters is 1. The van der Waals surface area contributed by atoms with E-state index >= 15 is 0 Å². The van der Waals surface area contributed by atoms with Crippen molar-refractivity contribution >= 4 is 29.3 Å². The number of primary amides is 1. The number of nitrogens with zero attached hydrogens (tertiary/aromatic N) is 2. The predicted molar refractivity (Wildman–Crippen MR) is 194 cm³/mol.